The van der Waals surface area contributed by atoms with E-state index in [9.17, 15) is 0 Å². The zero-order valence-electron chi connectivity index (χ0n) is 12.0. The maximum atomic E-state index is 5.45. The molecule has 2 aromatic rings. The SMILES string of the molecule is CCN(Cc1sccc1C#CCN)c1ccccc1C. The predicted octanol–water partition coefficient (Wildman–Crippen LogP) is 3.39. The van der Waals surface area contributed by atoms with Gasteiger partial charge in [-0.2, -0.15) is 0 Å². The first kappa shape index (κ1) is 14.6. The molecular weight excluding hydrogens is 264 g/mol. The van der Waals surface area contributed by atoms with Crippen LogP contribution in [0, 0.1) is 18.8 Å². The highest BCUT2D eigenvalue weighted by atomic mass is 32.1. The largest absolute Gasteiger partial charge is 0.366 e. The maximum Gasteiger partial charge on any atom is 0.0555 e. The lowest BCUT2D eigenvalue weighted by molar-refractivity contribution is 0.837. The quantitative estimate of drug-likeness (QED) is 0.872. The molecule has 0 aliphatic rings. The van der Waals surface area contributed by atoms with Gasteiger partial charge in [0.25, 0.3) is 0 Å². The molecule has 0 saturated heterocycles. The fourth-order valence-electron chi connectivity index (χ4n) is 2.18. The summed E-state index contributed by atoms with van der Waals surface area (Å²) in [5.41, 5.74) is 9.16. The normalized spacial score (nSPS) is 9.95. The second kappa shape index (κ2) is 7.14. The lowest BCUT2D eigenvalue weighted by Gasteiger charge is -2.24. The monoisotopic (exact) mass is 284 g/mol. The van der Waals surface area contributed by atoms with Crippen LogP contribution in [0.25, 0.3) is 0 Å². The number of hydrogen-bond acceptors (Lipinski definition) is 3. The summed E-state index contributed by atoms with van der Waals surface area (Å²) in [5, 5.41) is 2.10. The number of nitrogens with two attached hydrogens (primary N) is 1. The molecule has 20 heavy (non-hydrogen) atoms. The van der Waals surface area contributed by atoms with Crippen molar-refractivity contribution in [1.82, 2.24) is 0 Å². The molecule has 0 amide bonds. The van der Waals surface area contributed by atoms with E-state index in [0.717, 1.165) is 18.7 Å². The Hall–Kier alpha value is -1.76. The van der Waals surface area contributed by atoms with Gasteiger partial charge in [0.2, 0.25) is 0 Å². The van der Waals surface area contributed by atoms with Crippen LogP contribution in [0.5, 0.6) is 0 Å². The van der Waals surface area contributed by atoms with Crippen LogP contribution in [0.4, 0.5) is 5.69 Å². The second-order valence-electron chi connectivity index (χ2n) is 4.56. The van der Waals surface area contributed by atoms with Crippen molar-refractivity contribution in [3.05, 3.63) is 51.7 Å². The van der Waals surface area contributed by atoms with Gasteiger partial charge in [0.1, 0.15) is 0 Å². The molecule has 1 heterocycles. The molecule has 3 heteroatoms. The van der Waals surface area contributed by atoms with Gasteiger partial charge in [0, 0.05) is 22.7 Å². The summed E-state index contributed by atoms with van der Waals surface area (Å²) in [4.78, 5) is 3.69. The summed E-state index contributed by atoms with van der Waals surface area (Å²) in [6.45, 7) is 6.62. The Morgan fingerprint density at radius 2 is 2.05 bits per heavy atom. The summed E-state index contributed by atoms with van der Waals surface area (Å²) < 4.78 is 0. The van der Waals surface area contributed by atoms with Crippen molar-refractivity contribution >= 4 is 17.0 Å². The standard InChI is InChI=1S/C17H20N2S/c1-3-19(16-9-5-4-7-14(16)2)13-17-15(8-6-11-18)10-12-20-17/h4-5,7,9-10,12H,3,11,13,18H2,1-2H3. The van der Waals surface area contributed by atoms with Gasteiger partial charge in [-0.15, -0.1) is 11.3 Å². The van der Waals surface area contributed by atoms with Gasteiger partial charge < -0.3 is 10.6 Å². The molecule has 1 aromatic carbocycles. The Morgan fingerprint density at radius 1 is 1.25 bits per heavy atom. The number of anilines is 1. The number of rotatable bonds is 4. The van der Waals surface area contributed by atoms with E-state index in [1.807, 2.05) is 0 Å². The van der Waals surface area contributed by atoms with Crippen molar-refractivity contribution in [1.29, 1.82) is 0 Å². The zero-order chi connectivity index (χ0) is 14.4. The fourth-order valence-corrected chi connectivity index (χ4v) is 3.02. The van der Waals surface area contributed by atoms with E-state index in [4.69, 9.17) is 5.73 Å². The molecule has 0 atom stereocenters. The van der Waals surface area contributed by atoms with Crippen LogP contribution in [0.1, 0.15) is 22.9 Å². The number of benzene rings is 1. The van der Waals surface area contributed by atoms with Crippen LogP contribution in [0.2, 0.25) is 0 Å². The summed E-state index contributed by atoms with van der Waals surface area (Å²) in [5.74, 6) is 6.10. The topological polar surface area (TPSA) is 29.3 Å². The molecule has 0 aliphatic heterocycles. The van der Waals surface area contributed by atoms with Crippen molar-refractivity contribution in [3.8, 4) is 11.8 Å². The summed E-state index contributed by atoms with van der Waals surface area (Å²) in [6, 6.07) is 10.6. The third kappa shape index (κ3) is 3.41. The molecule has 104 valence electrons. The van der Waals surface area contributed by atoms with Gasteiger partial charge in [0.15, 0.2) is 0 Å². The Bertz CT molecular complexity index is 619. The first-order valence-electron chi connectivity index (χ1n) is 6.82. The maximum absolute atomic E-state index is 5.45. The van der Waals surface area contributed by atoms with E-state index in [1.54, 1.807) is 11.3 Å². The van der Waals surface area contributed by atoms with E-state index in [1.165, 1.54) is 16.1 Å². The van der Waals surface area contributed by atoms with E-state index in [-0.39, 0.29) is 0 Å². The van der Waals surface area contributed by atoms with Crippen LogP contribution in [0.15, 0.2) is 35.7 Å². The van der Waals surface area contributed by atoms with Crippen LogP contribution >= 0.6 is 11.3 Å². The number of para-hydroxylation sites is 1. The van der Waals surface area contributed by atoms with Crippen molar-refractivity contribution in [3.63, 3.8) is 0 Å². The second-order valence-corrected chi connectivity index (χ2v) is 5.56. The Kier molecular flexibility index (Phi) is 5.23. The number of hydrogen-bond donors (Lipinski definition) is 1. The summed E-state index contributed by atoms with van der Waals surface area (Å²) in [6.07, 6.45) is 0. The molecule has 2 N–H and O–H groups in total. The van der Waals surface area contributed by atoms with E-state index in [0.29, 0.717) is 6.54 Å². The highest BCUT2D eigenvalue weighted by Crippen LogP contribution is 2.24. The minimum Gasteiger partial charge on any atom is -0.366 e. The van der Waals surface area contributed by atoms with Gasteiger partial charge in [-0.1, -0.05) is 30.0 Å². The highest BCUT2D eigenvalue weighted by Gasteiger charge is 2.10. The molecule has 0 bridgehead atoms. The molecule has 0 fully saturated rings. The molecule has 0 unspecified atom stereocenters. The van der Waals surface area contributed by atoms with E-state index >= 15 is 0 Å². The molecule has 2 rings (SSSR count). The summed E-state index contributed by atoms with van der Waals surface area (Å²) in [7, 11) is 0. The van der Waals surface area contributed by atoms with E-state index in [2.05, 4.69) is 66.3 Å². The fraction of sp³-hybridized carbons (Fsp3) is 0.294. The van der Waals surface area contributed by atoms with Gasteiger partial charge in [-0.25, -0.2) is 0 Å². The molecule has 2 nitrogen and oxygen atoms in total. The van der Waals surface area contributed by atoms with Crippen molar-refractivity contribution < 1.29 is 0 Å². The minimum atomic E-state index is 0.407. The number of aryl methyl sites for hydroxylation is 1. The third-order valence-corrected chi connectivity index (χ3v) is 4.15. The first-order valence-corrected chi connectivity index (χ1v) is 7.70. The molecule has 0 saturated carbocycles. The van der Waals surface area contributed by atoms with Crippen LogP contribution in [-0.4, -0.2) is 13.1 Å². The first-order chi connectivity index (χ1) is 9.76. The molecule has 0 radical (unpaired) electrons. The average Bonchev–Trinajstić information content (AvgIpc) is 2.90. The highest BCUT2D eigenvalue weighted by molar-refractivity contribution is 7.10. The van der Waals surface area contributed by atoms with Crippen LogP contribution in [-0.2, 0) is 6.54 Å². The predicted molar refractivity (Wildman–Crippen MR) is 88.2 cm³/mol. The number of thiophene rings is 1. The van der Waals surface area contributed by atoms with Gasteiger partial charge in [0.05, 0.1) is 13.1 Å². The average molecular weight is 284 g/mol. The summed E-state index contributed by atoms with van der Waals surface area (Å²) >= 11 is 1.76. The lowest BCUT2D eigenvalue weighted by atomic mass is 10.1. The van der Waals surface area contributed by atoms with Crippen molar-refractivity contribution in [2.24, 2.45) is 5.73 Å². The molecule has 1 aromatic heterocycles. The zero-order valence-corrected chi connectivity index (χ0v) is 12.8. The Labute approximate surface area is 125 Å². The molecule has 0 spiro atoms. The van der Waals surface area contributed by atoms with Gasteiger partial charge in [-0.05, 0) is 36.9 Å². The Morgan fingerprint density at radius 3 is 2.75 bits per heavy atom. The number of nitrogens with zero attached hydrogens (tertiary/aromatic N) is 1. The van der Waals surface area contributed by atoms with Crippen molar-refractivity contribution in [2.75, 3.05) is 18.0 Å². The smallest absolute Gasteiger partial charge is 0.0555 e. The van der Waals surface area contributed by atoms with Crippen LogP contribution < -0.4 is 10.6 Å². The van der Waals surface area contributed by atoms with Gasteiger partial charge in [-0.3, -0.25) is 0 Å². The van der Waals surface area contributed by atoms with E-state index < -0.39 is 0 Å². The Balaban J connectivity index is 2.23. The molecular formula is C17H20N2S. The van der Waals surface area contributed by atoms with Gasteiger partial charge >= 0.3 is 0 Å². The molecule has 0 aliphatic carbocycles. The lowest BCUT2D eigenvalue weighted by Crippen LogP contribution is -2.22. The third-order valence-electron chi connectivity index (χ3n) is 3.24. The van der Waals surface area contributed by atoms with Crippen LogP contribution in [0.3, 0.4) is 0 Å². The minimum absolute atomic E-state index is 0.407. The van der Waals surface area contributed by atoms with Crippen molar-refractivity contribution in [2.45, 2.75) is 20.4 Å².